The van der Waals surface area contributed by atoms with Gasteiger partial charge in [0.25, 0.3) is 5.91 Å². The lowest BCUT2D eigenvalue weighted by Crippen LogP contribution is -2.44. The molecule has 2 aromatic carbocycles. The number of carbonyl (C=O) groups excluding carboxylic acids is 4. The molecule has 2 rings (SSSR count). The fourth-order valence-corrected chi connectivity index (χ4v) is 3.82. The molecule has 0 saturated heterocycles. The van der Waals surface area contributed by atoms with Crippen LogP contribution in [0.15, 0.2) is 36.4 Å². The van der Waals surface area contributed by atoms with Crippen LogP contribution in [0.1, 0.15) is 33.6 Å². The Labute approximate surface area is 219 Å². The lowest BCUT2D eigenvalue weighted by molar-refractivity contribution is -0.138. The number of benzene rings is 2. The van der Waals surface area contributed by atoms with E-state index in [9.17, 15) is 24.0 Å². The summed E-state index contributed by atoms with van der Waals surface area (Å²) in [6, 6.07) is 7.28. The van der Waals surface area contributed by atoms with Crippen LogP contribution in [0.4, 0.5) is 0 Å². The SMILES string of the molecule is O=C(O)CC[C@H](NC(=O)COC(=O)c1c(Cl)cccc1Cl)C(=O)COC(=O)c1c(Cl)cccc1Cl. The molecule has 9 nitrogen and oxygen atoms in total. The monoisotopic (exact) mass is 563 g/mol. The average molecular weight is 565 g/mol. The minimum absolute atomic E-state index is 0.00566. The lowest BCUT2D eigenvalue weighted by Gasteiger charge is -2.17. The summed E-state index contributed by atoms with van der Waals surface area (Å²) in [6.45, 7) is -1.62. The Kier molecular flexibility index (Phi) is 10.8. The summed E-state index contributed by atoms with van der Waals surface area (Å²) in [6.07, 6.45) is -0.787. The van der Waals surface area contributed by atoms with Crippen LogP contribution in [0.5, 0.6) is 0 Å². The maximum atomic E-state index is 12.6. The van der Waals surface area contributed by atoms with Crippen LogP contribution in [0.25, 0.3) is 0 Å². The normalized spacial score (nSPS) is 11.3. The third kappa shape index (κ3) is 8.40. The van der Waals surface area contributed by atoms with E-state index in [2.05, 4.69) is 5.32 Å². The minimum atomic E-state index is -1.35. The number of hydrogen-bond acceptors (Lipinski definition) is 7. The van der Waals surface area contributed by atoms with Crippen LogP contribution in [0.3, 0.4) is 0 Å². The molecule has 0 spiro atoms. The molecule has 0 heterocycles. The van der Waals surface area contributed by atoms with Crippen LogP contribution < -0.4 is 5.32 Å². The molecular weight excluding hydrogens is 548 g/mol. The van der Waals surface area contributed by atoms with Gasteiger partial charge in [-0.25, -0.2) is 9.59 Å². The van der Waals surface area contributed by atoms with Gasteiger partial charge >= 0.3 is 17.9 Å². The molecule has 0 radical (unpaired) electrons. The van der Waals surface area contributed by atoms with E-state index < -0.39 is 55.3 Å². The first-order chi connectivity index (χ1) is 16.5. The Balaban J connectivity index is 2.00. The number of esters is 2. The van der Waals surface area contributed by atoms with Crippen LogP contribution in [-0.2, 0) is 23.9 Å². The largest absolute Gasteiger partial charge is 0.481 e. The van der Waals surface area contributed by atoms with Gasteiger partial charge in [-0.1, -0.05) is 58.5 Å². The number of hydrogen-bond donors (Lipinski definition) is 2. The van der Waals surface area contributed by atoms with Crippen LogP contribution in [0, 0.1) is 0 Å². The van der Waals surface area contributed by atoms with Gasteiger partial charge in [0.2, 0.25) is 0 Å². The van der Waals surface area contributed by atoms with Crippen molar-refractivity contribution in [3.8, 4) is 0 Å². The van der Waals surface area contributed by atoms with Crippen LogP contribution in [-0.4, -0.2) is 54.0 Å². The Morgan fingerprint density at radius 3 is 1.63 bits per heavy atom. The molecule has 0 aliphatic rings. The maximum Gasteiger partial charge on any atom is 0.341 e. The number of carbonyl (C=O) groups is 5. The van der Waals surface area contributed by atoms with E-state index >= 15 is 0 Å². The predicted octanol–water partition coefficient (Wildman–Crippen LogP) is 4.23. The van der Waals surface area contributed by atoms with E-state index in [-0.39, 0.29) is 37.6 Å². The van der Waals surface area contributed by atoms with Crippen molar-refractivity contribution in [2.24, 2.45) is 0 Å². The number of rotatable bonds is 11. The van der Waals surface area contributed by atoms with Crippen molar-refractivity contribution < 1.29 is 38.6 Å². The molecule has 0 fully saturated rings. The molecule has 2 aromatic rings. The lowest BCUT2D eigenvalue weighted by atomic mass is 10.1. The van der Waals surface area contributed by atoms with Gasteiger partial charge in [0.05, 0.1) is 37.3 Å². The van der Waals surface area contributed by atoms with Crippen molar-refractivity contribution in [2.45, 2.75) is 18.9 Å². The molecule has 0 aromatic heterocycles. The third-order valence-corrected chi connectivity index (χ3v) is 5.64. The average Bonchev–Trinajstić information content (AvgIpc) is 2.78. The molecule has 0 bridgehead atoms. The number of amides is 1. The second-order valence-corrected chi connectivity index (χ2v) is 8.49. The van der Waals surface area contributed by atoms with E-state index in [1.807, 2.05) is 0 Å². The van der Waals surface area contributed by atoms with E-state index in [0.717, 1.165) is 0 Å². The zero-order chi connectivity index (χ0) is 26.1. The topological polar surface area (TPSA) is 136 Å². The molecule has 186 valence electrons. The predicted molar refractivity (Wildman–Crippen MR) is 127 cm³/mol. The van der Waals surface area contributed by atoms with Gasteiger partial charge in [-0.15, -0.1) is 0 Å². The van der Waals surface area contributed by atoms with Gasteiger partial charge in [0.1, 0.15) is 0 Å². The number of carboxylic acid groups (broad SMARTS) is 1. The molecule has 1 atom stereocenters. The summed E-state index contributed by atoms with van der Waals surface area (Å²) < 4.78 is 9.81. The van der Waals surface area contributed by atoms with E-state index in [0.29, 0.717) is 0 Å². The maximum absolute atomic E-state index is 12.6. The minimum Gasteiger partial charge on any atom is -0.481 e. The first-order valence-electron chi connectivity index (χ1n) is 9.77. The first kappa shape index (κ1) is 28.4. The van der Waals surface area contributed by atoms with Crippen molar-refractivity contribution in [1.82, 2.24) is 5.32 Å². The quantitative estimate of drug-likeness (QED) is 0.387. The summed E-state index contributed by atoms with van der Waals surface area (Å²) in [7, 11) is 0. The molecule has 0 saturated carbocycles. The summed E-state index contributed by atoms with van der Waals surface area (Å²) in [4.78, 5) is 60.2. The third-order valence-electron chi connectivity index (χ3n) is 4.38. The Bertz CT molecular complexity index is 1110. The second kappa shape index (κ2) is 13.3. The summed E-state index contributed by atoms with van der Waals surface area (Å²) in [5.41, 5.74) is -0.299. The molecule has 1 amide bonds. The highest BCUT2D eigenvalue weighted by atomic mass is 35.5. The number of ketones is 1. The Morgan fingerprint density at radius 1 is 0.771 bits per heavy atom. The number of nitrogens with one attached hydrogen (secondary N) is 1. The first-order valence-corrected chi connectivity index (χ1v) is 11.3. The number of aliphatic carboxylic acids is 1. The van der Waals surface area contributed by atoms with Crippen LogP contribution in [0.2, 0.25) is 20.1 Å². The Hall–Kier alpha value is -2.85. The number of ether oxygens (including phenoxy) is 2. The highest BCUT2D eigenvalue weighted by Crippen LogP contribution is 2.26. The highest BCUT2D eigenvalue weighted by molar-refractivity contribution is 6.40. The zero-order valence-corrected chi connectivity index (χ0v) is 20.7. The molecule has 0 aliphatic heterocycles. The summed E-state index contributed by atoms with van der Waals surface area (Å²) >= 11 is 23.7. The Morgan fingerprint density at radius 2 is 1.20 bits per heavy atom. The highest BCUT2D eigenvalue weighted by Gasteiger charge is 2.25. The van der Waals surface area contributed by atoms with E-state index in [1.54, 1.807) is 0 Å². The second-order valence-electron chi connectivity index (χ2n) is 6.86. The van der Waals surface area contributed by atoms with Crippen molar-refractivity contribution in [1.29, 1.82) is 0 Å². The zero-order valence-electron chi connectivity index (χ0n) is 17.7. The van der Waals surface area contributed by atoms with Crippen molar-refractivity contribution in [3.05, 3.63) is 67.6 Å². The van der Waals surface area contributed by atoms with Gasteiger partial charge in [0, 0.05) is 6.42 Å². The van der Waals surface area contributed by atoms with Gasteiger partial charge in [-0.05, 0) is 30.7 Å². The van der Waals surface area contributed by atoms with Crippen LogP contribution >= 0.6 is 46.4 Å². The number of halogens is 4. The van der Waals surface area contributed by atoms with Gasteiger partial charge < -0.3 is 19.9 Å². The smallest absolute Gasteiger partial charge is 0.341 e. The molecule has 2 N–H and O–H groups in total. The van der Waals surface area contributed by atoms with Gasteiger partial charge in [-0.2, -0.15) is 0 Å². The van der Waals surface area contributed by atoms with E-state index in [4.69, 9.17) is 61.0 Å². The summed E-state index contributed by atoms with van der Waals surface area (Å²) in [5, 5.41) is 11.2. The van der Waals surface area contributed by atoms with Gasteiger partial charge in [-0.3, -0.25) is 14.4 Å². The van der Waals surface area contributed by atoms with Crippen molar-refractivity contribution in [3.63, 3.8) is 0 Å². The molecule has 13 heteroatoms. The molecule has 0 aliphatic carbocycles. The van der Waals surface area contributed by atoms with Crippen molar-refractivity contribution >= 4 is 76.0 Å². The van der Waals surface area contributed by atoms with E-state index in [1.165, 1.54) is 36.4 Å². The molecule has 35 heavy (non-hydrogen) atoms. The van der Waals surface area contributed by atoms with Crippen molar-refractivity contribution in [2.75, 3.05) is 13.2 Å². The summed E-state index contributed by atoms with van der Waals surface area (Å²) in [5.74, 6) is -4.91. The number of carboxylic acids is 1. The molecular formula is C22H17Cl4NO8. The fraction of sp³-hybridized carbons (Fsp3) is 0.227. The molecule has 0 unspecified atom stereocenters. The standard InChI is InChI=1S/C22H17Cl4NO8/c23-11-3-1-4-12(24)19(11)21(32)34-9-16(28)15(7-8-18(30)31)27-17(29)10-35-22(33)20-13(25)5-2-6-14(20)26/h1-6,15H,7-10H2,(H,27,29)(H,30,31)/t15-/m0/s1. The van der Waals surface area contributed by atoms with Gasteiger partial charge in [0.15, 0.2) is 19.0 Å². The number of Topliss-reactive ketones (excluding diaryl/α,β-unsaturated/α-hetero) is 1. The fourth-order valence-electron chi connectivity index (χ4n) is 2.72.